The number of fused-ring (bicyclic) bond motifs is 1. The first-order valence-corrected chi connectivity index (χ1v) is 8.57. The fourth-order valence-electron chi connectivity index (χ4n) is 3.40. The Labute approximate surface area is 152 Å². The summed E-state index contributed by atoms with van der Waals surface area (Å²) in [7, 11) is 0. The minimum Gasteiger partial charge on any atom is -0.494 e. The van der Waals surface area contributed by atoms with Crippen molar-refractivity contribution in [2.75, 3.05) is 6.61 Å². The summed E-state index contributed by atoms with van der Waals surface area (Å²) in [5, 5.41) is 9.69. The molecular formula is C20H21N3O3. The van der Waals surface area contributed by atoms with E-state index >= 15 is 0 Å². The number of aromatic nitrogens is 1. The standard InChI is InChI=1S/C20H21N3O3/c1-4-23-12(3)10-16-18(20(23)24)17(14(11-21)19(22)26-16)13-8-6-7-9-15(13)25-5-2/h6-10,17H,4-5,22H2,1-3H3/t17-/m1/s1. The molecule has 0 saturated heterocycles. The Kier molecular flexibility index (Phi) is 4.72. The van der Waals surface area contributed by atoms with Crippen molar-refractivity contribution in [2.45, 2.75) is 33.2 Å². The van der Waals surface area contributed by atoms with Crippen molar-refractivity contribution in [3.05, 3.63) is 69.0 Å². The number of nitrogens with zero attached hydrogens (tertiary/aromatic N) is 2. The van der Waals surface area contributed by atoms with Crippen LogP contribution in [-0.2, 0) is 6.54 Å². The zero-order valence-corrected chi connectivity index (χ0v) is 15.1. The van der Waals surface area contributed by atoms with E-state index in [2.05, 4.69) is 6.07 Å². The lowest BCUT2D eigenvalue weighted by Gasteiger charge is -2.28. The first-order chi connectivity index (χ1) is 12.5. The molecule has 0 radical (unpaired) electrons. The van der Waals surface area contributed by atoms with Gasteiger partial charge in [0.2, 0.25) is 5.88 Å². The Morgan fingerprint density at radius 1 is 1.35 bits per heavy atom. The van der Waals surface area contributed by atoms with Crippen LogP contribution in [0.2, 0.25) is 0 Å². The molecule has 1 aliphatic heterocycles. The van der Waals surface area contributed by atoms with Gasteiger partial charge in [-0.25, -0.2) is 0 Å². The summed E-state index contributed by atoms with van der Waals surface area (Å²) in [6, 6.07) is 11.3. The molecular weight excluding hydrogens is 330 g/mol. The molecule has 0 aliphatic carbocycles. The molecule has 3 rings (SSSR count). The van der Waals surface area contributed by atoms with Gasteiger partial charge in [0.25, 0.3) is 5.56 Å². The Balaban J connectivity index is 2.35. The van der Waals surface area contributed by atoms with Gasteiger partial charge in [0.05, 0.1) is 18.1 Å². The van der Waals surface area contributed by atoms with Crippen molar-refractivity contribution in [1.82, 2.24) is 4.57 Å². The molecule has 1 aromatic carbocycles. The monoisotopic (exact) mass is 351 g/mol. The van der Waals surface area contributed by atoms with Gasteiger partial charge < -0.3 is 19.8 Å². The molecule has 0 amide bonds. The molecule has 0 spiro atoms. The van der Waals surface area contributed by atoms with E-state index in [1.54, 1.807) is 10.6 Å². The van der Waals surface area contributed by atoms with Gasteiger partial charge in [-0.2, -0.15) is 5.26 Å². The number of rotatable bonds is 4. The maximum absolute atomic E-state index is 13.2. The molecule has 0 fully saturated rings. The van der Waals surface area contributed by atoms with Gasteiger partial charge in [0.15, 0.2) is 0 Å². The van der Waals surface area contributed by atoms with E-state index in [4.69, 9.17) is 15.2 Å². The van der Waals surface area contributed by atoms with Gasteiger partial charge in [0, 0.05) is 23.9 Å². The molecule has 134 valence electrons. The number of ether oxygens (including phenoxy) is 2. The highest BCUT2D eigenvalue weighted by Gasteiger charge is 2.35. The third kappa shape index (κ3) is 2.72. The molecule has 2 N–H and O–H groups in total. The van der Waals surface area contributed by atoms with E-state index in [1.807, 2.05) is 45.0 Å². The van der Waals surface area contributed by atoms with Gasteiger partial charge in [-0.1, -0.05) is 18.2 Å². The third-order valence-electron chi connectivity index (χ3n) is 4.54. The highest BCUT2D eigenvalue weighted by molar-refractivity contribution is 5.58. The lowest BCUT2D eigenvalue weighted by molar-refractivity contribution is 0.334. The average molecular weight is 351 g/mol. The van der Waals surface area contributed by atoms with E-state index in [1.165, 1.54) is 0 Å². The molecule has 0 bridgehead atoms. The van der Waals surface area contributed by atoms with Gasteiger partial charge in [-0.15, -0.1) is 0 Å². The predicted molar refractivity (Wildman–Crippen MR) is 98.0 cm³/mol. The molecule has 6 heteroatoms. The van der Waals surface area contributed by atoms with E-state index in [-0.39, 0.29) is 17.0 Å². The van der Waals surface area contributed by atoms with Crippen LogP contribution in [0.5, 0.6) is 11.5 Å². The Morgan fingerprint density at radius 2 is 2.08 bits per heavy atom. The molecule has 1 atom stereocenters. The second-order valence-corrected chi connectivity index (χ2v) is 6.01. The first kappa shape index (κ1) is 17.6. The summed E-state index contributed by atoms with van der Waals surface area (Å²) in [5.74, 6) is 0.406. The smallest absolute Gasteiger partial charge is 0.258 e. The predicted octanol–water partition coefficient (Wildman–Crippen LogP) is 2.79. The maximum atomic E-state index is 13.2. The summed E-state index contributed by atoms with van der Waals surface area (Å²) in [4.78, 5) is 13.2. The lowest BCUT2D eigenvalue weighted by atomic mass is 9.83. The average Bonchev–Trinajstić information content (AvgIpc) is 2.62. The number of allylic oxidation sites excluding steroid dienone is 1. The first-order valence-electron chi connectivity index (χ1n) is 8.57. The number of benzene rings is 1. The van der Waals surface area contributed by atoms with Crippen molar-refractivity contribution >= 4 is 0 Å². The number of pyridine rings is 1. The van der Waals surface area contributed by atoms with Crippen molar-refractivity contribution in [3.63, 3.8) is 0 Å². The number of nitriles is 1. The maximum Gasteiger partial charge on any atom is 0.258 e. The van der Waals surface area contributed by atoms with Crippen LogP contribution in [0, 0.1) is 18.3 Å². The minimum absolute atomic E-state index is 0.0179. The van der Waals surface area contributed by atoms with Crippen LogP contribution < -0.4 is 20.8 Å². The van der Waals surface area contributed by atoms with E-state index < -0.39 is 5.92 Å². The van der Waals surface area contributed by atoms with Gasteiger partial charge in [0.1, 0.15) is 23.1 Å². The molecule has 2 heterocycles. The quantitative estimate of drug-likeness (QED) is 0.915. The normalized spacial score (nSPS) is 15.8. The minimum atomic E-state index is -0.627. The van der Waals surface area contributed by atoms with Crippen molar-refractivity contribution in [1.29, 1.82) is 5.26 Å². The van der Waals surface area contributed by atoms with Crippen LogP contribution in [-0.4, -0.2) is 11.2 Å². The number of nitrogens with two attached hydrogens (primary N) is 1. The summed E-state index contributed by atoms with van der Waals surface area (Å²) in [5.41, 5.74) is 7.96. The summed E-state index contributed by atoms with van der Waals surface area (Å²) in [6.07, 6.45) is 0. The second kappa shape index (κ2) is 6.96. The van der Waals surface area contributed by atoms with Crippen LogP contribution in [0.1, 0.15) is 36.6 Å². The largest absolute Gasteiger partial charge is 0.494 e. The zero-order chi connectivity index (χ0) is 18.8. The highest BCUT2D eigenvalue weighted by atomic mass is 16.5. The topological polar surface area (TPSA) is 90.3 Å². The van der Waals surface area contributed by atoms with Crippen molar-refractivity contribution < 1.29 is 9.47 Å². The molecule has 1 aliphatic rings. The highest BCUT2D eigenvalue weighted by Crippen LogP contribution is 2.43. The molecule has 26 heavy (non-hydrogen) atoms. The number of para-hydroxylation sites is 1. The van der Waals surface area contributed by atoms with E-state index in [0.29, 0.717) is 30.2 Å². The van der Waals surface area contributed by atoms with Crippen LogP contribution in [0.4, 0.5) is 0 Å². The SMILES string of the molecule is CCOc1ccccc1[C@@H]1C(C#N)=C(N)Oc2cc(C)n(CC)c(=O)c21. The summed E-state index contributed by atoms with van der Waals surface area (Å²) in [6.45, 7) is 6.64. The number of aryl methyl sites for hydroxylation is 1. The molecule has 1 aromatic heterocycles. The fourth-order valence-corrected chi connectivity index (χ4v) is 3.40. The second-order valence-electron chi connectivity index (χ2n) is 6.01. The lowest BCUT2D eigenvalue weighted by Crippen LogP contribution is -2.32. The third-order valence-corrected chi connectivity index (χ3v) is 4.54. The van der Waals surface area contributed by atoms with E-state index in [0.717, 1.165) is 11.3 Å². The van der Waals surface area contributed by atoms with E-state index in [9.17, 15) is 10.1 Å². The molecule has 0 saturated carbocycles. The van der Waals surface area contributed by atoms with Crippen LogP contribution in [0.15, 0.2) is 46.6 Å². The summed E-state index contributed by atoms with van der Waals surface area (Å²) >= 11 is 0. The molecule has 6 nitrogen and oxygen atoms in total. The van der Waals surface area contributed by atoms with Gasteiger partial charge >= 0.3 is 0 Å². The van der Waals surface area contributed by atoms with Crippen LogP contribution in [0.3, 0.4) is 0 Å². The summed E-state index contributed by atoms with van der Waals surface area (Å²) < 4.78 is 13.0. The Hall–Kier alpha value is -3.20. The van der Waals surface area contributed by atoms with Gasteiger partial charge in [-0.05, 0) is 26.8 Å². The van der Waals surface area contributed by atoms with Crippen LogP contribution >= 0.6 is 0 Å². The van der Waals surface area contributed by atoms with Crippen molar-refractivity contribution in [3.8, 4) is 17.6 Å². The number of hydrogen-bond acceptors (Lipinski definition) is 5. The zero-order valence-electron chi connectivity index (χ0n) is 15.1. The molecule has 0 unspecified atom stereocenters. The molecule has 2 aromatic rings. The Morgan fingerprint density at radius 3 is 2.73 bits per heavy atom. The van der Waals surface area contributed by atoms with Crippen LogP contribution in [0.25, 0.3) is 0 Å². The fraction of sp³-hybridized carbons (Fsp3) is 0.300. The van der Waals surface area contributed by atoms with Gasteiger partial charge in [-0.3, -0.25) is 4.79 Å². The Bertz CT molecular complexity index is 983. The number of hydrogen-bond donors (Lipinski definition) is 1. The van der Waals surface area contributed by atoms with Crippen molar-refractivity contribution in [2.24, 2.45) is 5.73 Å².